The topological polar surface area (TPSA) is 31.8 Å². The first-order valence-corrected chi connectivity index (χ1v) is 20.1. The predicted molar refractivity (Wildman–Crippen MR) is 199 cm³/mol. The molecule has 0 bridgehead atoms. The Hall–Kier alpha value is -1.14. The Morgan fingerprint density at radius 3 is 1.23 bits per heavy atom. The Labute approximate surface area is 288 Å². The zero-order chi connectivity index (χ0) is 31.8. The molecule has 2 aromatic rings. The van der Waals surface area contributed by atoms with E-state index in [2.05, 4.69) is 116 Å². The summed E-state index contributed by atoms with van der Waals surface area (Å²) < 4.78 is 4.76. The van der Waals surface area contributed by atoms with E-state index in [4.69, 9.17) is 0 Å². The van der Waals surface area contributed by atoms with Gasteiger partial charge in [-0.25, -0.2) is 0 Å². The first-order valence-electron chi connectivity index (χ1n) is 18.3. The molecule has 2 N–H and O–H groups in total. The largest absolute Gasteiger partial charge is 0.385 e. The first kappa shape index (κ1) is 39.0. The van der Waals surface area contributed by atoms with Crippen molar-refractivity contribution in [3.63, 3.8) is 0 Å². The van der Waals surface area contributed by atoms with E-state index in [0.717, 1.165) is 13.1 Å². The molecule has 0 aromatic carbocycles. The molecule has 0 aliphatic heterocycles. The number of halogens is 2. The number of aryl methyl sites for hydroxylation is 2. The molecule has 0 saturated heterocycles. The minimum absolute atomic E-state index is 0.377. The summed E-state index contributed by atoms with van der Waals surface area (Å²) in [6.07, 6.45) is 30.8. The Bertz CT molecular complexity index is 919. The fourth-order valence-electron chi connectivity index (χ4n) is 5.99. The monoisotopic (exact) mass is 736 g/mol. The molecule has 44 heavy (non-hydrogen) atoms. The number of hydrogen-bond acceptors (Lipinski definition) is 2. The molecule has 0 fully saturated rings. The standard InChI is InChI=1S/C38H64Br2N4/c1-5-7-9-11-17-21-27-41-35-25-29-43(33(3)31-35)37(39)23-19-15-13-14-16-20-24-38(40)44-30-26-36(32-34(44)4)42-28-22-18-12-10-8-6-2/h25-26,29-32,37-38H,5-24,27-28H2,1-4H3/p+2. The van der Waals surface area contributed by atoms with Gasteiger partial charge in [-0.2, -0.15) is 9.13 Å². The number of unbranched alkanes of at least 4 members (excludes halogenated alkanes) is 15. The van der Waals surface area contributed by atoms with Gasteiger partial charge in [-0.15, -0.1) is 0 Å². The quantitative estimate of drug-likeness (QED) is 0.0543. The molecule has 2 unspecified atom stereocenters. The average molecular weight is 739 g/mol. The molecule has 2 heterocycles. The summed E-state index contributed by atoms with van der Waals surface area (Å²) in [6.45, 7) is 11.2. The van der Waals surface area contributed by atoms with Crippen molar-refractivity contribution in [3.05, 3.63) is 48.0 Å². The summed E-state index contributed by atoms with van der Waals surface area (Å²) in [6, 6.07) is 9.06. The first-order chi connectivity index (χ1) is 21.5. The highest BCUT2D eigenvalue weighted by atomic mass is 79.9. The number of rotatable bonds is 27. The lowest BCUT2D eigenvalue weighted by Gasteiger charge is -2.11. The second kappa shape index (κ2) is 25.0. The van der Waals surface area contributed by atoms with Crippen LogP contribution in [0.2, 0.25) is 0 Å². The van der Waals surface area contributed by atoms with Gasteiger partial charge in [0.2, 0.25) is 9.90 Å². The number of alkyl halides is 2. The van der Waals surface area contributed by atoms with Crippen molar-refractivity contribution in [2.45, 2.75) is 166 Å². The van der Waals surface area contributed by atoms with E-state index in [-0.39, 0.29) is 0 Å². The van der Waals surface area contributed by atoms with Gasteiger partial charge in [-0.05, 0) is 57.5 Å². The van der Waals surface area contributed by atoms with Crippen LogP contribution in [0, 0.1) is 13.8 Å². The van der Waals surface area contributed by atoms with E-state index in [1.165, 1.54) is 151 Å². The Morgan fingerprint density at radius 1 is 0.523 bits per heavy atom. The molecular weight excluding hydrogens is 672 g/mol. The minimum atomic E-state index is 0.377. The highest BCUT2D eigenvalue weighted by Crippen LogP contribution is 2.22. The third-order valence-electron chi connectivity index (χ3n) is 8.83. The van der Waals surface area contributed by atoms with Crippen LogP contribution in [0.1, 0.15) is 164 Å². The lowest BCUT2D eigenvalue weighted by atomic mass is 10.1. The van der Waals surface area contributed by atoms with Crippen LogP contribution < -0.4 is 19.8 Å². The third kappa shape index (κ3) is 17.0. The van der Waals surface area contributed by atoms with Gasteiger partial charge in [-0.3, -0.25) is 0 Å². The van der Waals surface area contributed by atoms with E-state index in [0.29, 0.717) is 9.90 Å². The molecule has 250 valence electrons. The summed E-state index contributed by atoms with van der Waals surface area (Å²) >= 11 is 7.91. The molecular formula is C38H66Br2N4+2. The molecule has 6 heteroatoms. The van der Waals surface area contributed by atoms with Crippen molar-refractivity contribution in [1.82, 2.24) is 0 Å². The van der Waals surface area contributed by atoms with E-state index in [1.54, 1.807) is 0 Å². The third-order valence-corrected chi connectivity index (χ3v) is 10.6. The summed E-state index contributed by atoms with van der Waals surface area (Å²) in [5.74, 6) is 0. The van der Waals surface area contributed by atoms with Gasteiger partial charge >= 0.3 is 0 Å². The van der Waals surface area contributed by atoms with Crippen molar-refractivity contribution < 1.29 is 9.13 Å². The summed E-state index contributed by atoms with van der Waals surface area (Å²) in [7, 11) is 0. The molecule has 4 nitrogen and oxygen atoms in total. The molecule has 2 atom stereocenters. The minimum Gasteiger partial charge on any atom is -0.385 e. The maximum absolute atomic E-state index is 3.95. The fraction of sp³-hybridized carbons (Fsp3) is 0.737. The number of anilines is 2. The van der Waals surface area contributed by atoms with Gasteiger partial charge < -0.3 is 10.6 Å². The molecule has 2 rings (SSSR count). The average Bonchev–Trinajstić information content (AvgIpc) is 3.01. The second-order valence-electron chi connectivity index (χ2n) is 12.9. The molecule has 0 saturated carbocycles. The zero-order valence-electron chi connectivity index (χ0n) is 28.8. The van der Waals surface area contributed by atoms with Gasteiger partial charge in [0.05, 0.1) is 0 Å². The van der Waals surface area contributed by atoms with Crippen molar-refractivity contribution in [3.8, 4) is 0 Å². The van der Waals surface area contributed by atoms with E-state index in [9.17, 15) is 0 Å². The van der Waals surface area contributed by atoms with Gasteiger partial charge in [0.1, 0.15) is 0 Å². The fourth-order valence-corrected chi connectivity index (χ4v) is 7.55. The Morgan fingerprint density at radius 2 is 0.864 bits per heavy atom. The van der Waals surface area contributed by atoms with E-state index >= 15 is 0 Å². The van der Waals surface area contributed by atoms with E-state index in [1.807, 2.05) is 0 Å². The maximum Gasteiger partial charge on any atom is 0.212 e. The highest BCUT2D eigenvalue weighted by molar-refractivity contribution is 9.09. The van der Waals surface area contributed by atoms with Gasteiger partial charge in [0, 0.05) is 75.4 Å². The van der Waals surface area contributed by atoms with Crippen LogP contribution in [-0.4, -0.2) is 13.1 Å². The van der Waals surface area contributed by atoms with Crippen LogP contribution >= 0.6 is 31.9 Å². The zero-order valence-corrected chi connectivity index (χ0v) is 32.0. The summed E-state index contributed by atoms with van der Waals surface area (Å²) in [5.41, 5.74) is 5.13. The van der Waals surface area contributed by atoms with Gasteiger partial charge in [-0.1, -0.05) is 104 Å². The number of nitrogens with one attached hydrogen (secondary N) is 2. The van der Waals surface area contributed by atoms with Crippen LogP contribution in [0.25, 0.3) is 0 Å². The predicted octanol–water partition coefficient (Wildman–Crippen LogP) is 12.0. The normalized spacial score (nSPS) is 12.8. The molecule has 0 radical (unpaired) electrons. The molecule has 2 aromatic heterocycles. The van der Waals surface area contributed by atoms with Crippen molar-refractivity contribution in [1.29, 1.82) is 0 Å². The van der Waals surface area contributed by atoms with Crippen LogP contribution in [0.15, 0.2) is 36.7 Å². The Kier molecular flexibility index (Phi) is 22.2. The number of hydrogen-bond donors (Lipinski definition) is 2. The lowest BCUT2D eigenvalue weighted by Crippen LogP contribution is -2.39. The van der Waals surface area contributed by atoms with Crippen LogP contribution in [0.4, 0.5) is 11.4 Å². The smallest absolute Gasteiger partial charge is 0.212 e. The van der Waals surface area contributed by atoms with Crippen LogP contribution in [0.5, 0.6) is 0 Å². The molecule has 0 spiro atoms. The SMILES string of the molecule is CCCCCCCCNc1cc[n+](C(Br)CCCCCCCCC(Br)[n+]2ccc(NCCCCCCCC)cc2C)c(C)c1. The lowest BCUT2D eigenvalue weighted by molar-refractivity contribution is -0.704. The molecule has 0 aliphatic carbocycles. The maximum atomic E-state index is 3.95. The van der Waals surface area contributed by atoms with Crippen molar-refractivity contribution >= 4 is 43.2 Å². The van der Waals surface area contributed by atoms with Crippen LogP contribution in [-0.2, 0) is 0 Å². The number of pyridine rings is 2. The van der Waals surface area contributed by atoms with E-state index < -0.39 is 0 Å². The van der Waals surface area contributed by atoms with Crippen molar-refractivity contribution in [2.75, 3.05) is 23.7 Å². The van der Waals surface area contributed by atoms with Crippen LogP contribution in [0.3, 0.4) is 0 Å². The highest BCUT2D eigenvalue weighted by Gasteiger charge is 2.18. The van der Waals surface area contributed by atoms with Gasteiger partial charge in [0.25, 0.3) is 0 Å². The number of aromatic nitrogens is 2. The van der Waals surface area contributed by atoms with Crippen molar-refractivity contribution in [2.24, 2.45) is 0 Å². The number of nitrogens with zero attached hydrogens (tertiary/aromatic N) is 2. The summed E-state index contributed by atoms with van der Waals surface area (Å²) in [4.78, 5) is 0.753. The molecule has 0 amide bonds. The Balaban J connectivity index is 1.54. The summed E-state index contributed by atoms with van der Waals surface area (Å²) in [5, 5.41) is 7.24. The molecule has 0 aliphatic rings. The van der Waals surface area contributed by atoms with Gasteiger partial charge in [0.15, 0.2) is 23.8 Å². The second-order valence-corrected chi connectivity index (χ2v) is 15.0.